The summed E-state index contributed by atoms with van der Waals surface area (Å²) in [4.78, 5) is 4.08. The molecule has 0 aromatic heterocycles. The summed E-state index contributed by atoms with van der Waals surface area (Å²) >= 11 is 5.87. The van der Waals surface area contributed by atoms with Crippen LogP contribution in [0.5, 0.6) is 5.75 Å². The largest absolute Gasteiger partial charge is 0.492 e. The molecule has 0 radical (unpaired) electrons. The van der Waals surface area contributed by atoms with Gasteiger partial charge in [-0.3, -0.25) is 4.99 Å². The monoisotopic (exact) mass is 345 g/mol. The Hall–Kier alpha value is -1.47. The number of sulfone groups is 1. The van der Waals surface area contributed by atoms with Gasteiger partial charge in [-0.1, -0.05) is 17.7 Å². The first-order valence-electron chi connectivity index (χ1n) is 7.04. The molecule has 0 saturated carbocycles. The number of aliphatic imine (C=N–C) groups is 1. The molecule has 1 atom stereocenters. The molecule has 2 N–H and O–H groups in total. The predicted molar refractivity (Wildman–Crippen MR) is 88.5 cm³/mol. The second kappa shape index (κ2) is 7.69. The van der Waals surface area contributed by atoms with Gasteiger partial charge in [0.25, 0.3) is 0 Å². The first-order valence-corrected chi connectivity index (χ1v) is 9.24. The van der Waals surface area contributed by atoms with Crippen molar-refractivity contribution in [1.82, 2.24) is 10.6 Å². The van der Waals surface area contributed by atoms with Crippen molar-refractivity contribution in [3.05, 3.63) is 29.3 Å². The highest BCUT2D eigenvalue weighted by Crippen LogP contribution is 2.16. The smallest absolute Gasteiger partial charge is 0.191 e. The number of nitrogens with zero attached hydrogens (tertiary/aromatic N) is 1. The molecule has 8 heteroatoms. The van der Waals surface area contributed by atoms with Gasteiger partial charge in [0.1, 0.15) is 12.4 Å². The normalized spacial score (nSPS) is 20.6. The fraction of sp³-hybridized carbons (Fsp3) is 0.500. The summed E-state index contributed by atoms with van der Waals surface area (Å²) in [6, 6.07) is 7.12. The Bertz CT molecular complexity index is 634. The van der Waals surface area contributed by atoms with E-state index in [2.05, 4.69) is 15.6 Å². The summed E-state index contributed by atoms with van der Waals surface area (Å²) in [6.45, 7) is 0.996. The Kier molecular flexibility index (Phi) is 5.90. The van der Waals surface area contributed by atoms with Gasteiger partial charge in [0, 0.05) is 18.1 Å². The second-order valence-corrected chi connectivity index (χ2v) is 7.71. The maximum atomic E-state index is 11.4. The number of ether oxygens (including phenoxy) is 1. The third-order valence-corrected chi connectivity index (χ3v) is 5.26. The molecular weight excluding hydrogens is 326 g/mol. The summed E-state index contributed by atoms with van der Waals surface area (Å²) in [5.41, 5.74) is 0. The molecule has 6 nitrogen and oxygen atoms in total. The molecule has 0 aliphatic carbocycles. The Morgan fingerprint density at radius 2 is 2.32 bits per heavy atom. The van der Waals surface area contributed by atoms with Crippen molar-refractivity contribution in [2.45, 2.75) is 12.5 Å². The highest BCUT2D eigenvalue weighted by atomic mass is 35.5. The van der Waals surface area contributed by atoms with E-state index in [1.165, 1.54) is 0 Å². The minimum absolute atomic E-state index is 0.0787. The molecule has 1 heterocycles. The van der Waals surface area contributed by atoms with Crippen molar-refractivity contribution in [1.29, 1.82) is 0 Å². The summed E-state index contributed by atoms with van der Waals surface area (Å²) in [5.74, 6) is 1.68. The molecule has 1 aliphatic heterocycles. The van der Waals surface area contributed by atoms with Crippen LogP contribution in [0.4, 0.5) is 0 Å². The number of rotatable bonds is 5. The lowest BCUT2D eigenvalue weighted by Crippen LogP contribution is -2.45. The van der Waals surface area contributed by atoms with Crippen LogP contribution >= 0.6 is 11.6 Å². The Morgan fingerprint density at radius 3 is 2.95 bits per heavy atom. The average molecular weight is 346 g/mol. The van der Waals surface area contributed by atoms with E-state index in [0.717, 1.165) is 0 Å². The first-order chi connectivity index (χ1) is 10.5. The number of hydrogen-bond donors (Lipinski definition) is 2. The van der Waals surface area contributed by atoms with Gasteiger partial charge in [-0.2, -0.15) is 0 Å². The van der Waals surface area contributed by atoms with E-state index in [0.29, 0.717) is 36.3 Å². The molecule has 22 heavy (non-hydrogen) atoms. The SMILES string of the molecule is CN=C(NCCOc1cccc(Cl)c1)NC1CCS(=O)(=O)C1. The summed E-state index contributed by atoms with van der Waals surface area (Å²) in [6.07, 6.45) is 0.613. The zero-order chi connectivity index (χ0) is 16.0. The van der Waals surface area contributed by atoms with Gasteiger partial charge in [0.2, 0.25) is 0 Å². The van der Waals surface area contributed by atoms with E-state index >= 15 is 0 Å². The van der Waals surface area contributed by atoms with Crippen molar-refractivity contribution in [2.24, 2.45) is 4.99 Å². The molecule has 0 amide bonds. The summed E-state index contributed by atoms with van der Waals surface area (Å²) in [7, 11) is -1.25. The zero-order valence-electron chi connectivity index (χ0n) is 12.4. The fourth-order valence-electron chi connectivity index (χ4n) is 2.19. The lowest BCUT2D eigenvalue weighted by atomic mass is 10.3. The van der Waals surface area contributed by atoms with Gasteiger partial charge in [-0.05, 0) is 24.6 Å². The Labute approximate surface area is 135 Å². The second-order valence-electron chi connectivity index (χ2n) is 5.05. The van der Waals surface area contributed by atoms with Crippen LogP contribution < -0.4 is 15.4 Å². The van der Waals surface area contributed by atoms with Gasteiger partial charge in [-0.15, -0.1) is 0 Å². The Balaban J connectivity index is 1.71. The van der Waals surface area contributed by atoms with Crippen LogP contribution in [0.3, 0.4) is 0 Å². The maximum absolute atomic E-state index is 11.4. The number of benzene rings is 1. The predicted octanol–water partition coefficient (Wildman–Crippen LogP) is 1.07. The van der Waals surface area contributed by atoms with E-state index < -0.39 is 9.84 Å². The van der Waals surface area contributed by atoms with Crippen LogP contribution in [0.15, 0.2) is 29.3 Å². The zero-order valence-corrected chi connectivity index (χ0v) is 14.0. The van der Waals surface area contributed by atoms with Crippen molar-refractivity contribution < 1.29 is 13.2 Å². The fourth-order valence-corrected chi connectivity index (χ4v) is 4.05. The molecule has 1 aromatic carbocycles. The van der Waals surface area contributed by atoms with Crippen molar-refractivity contribution >= 4 is 27.4 Å². The molecule has 2 rings (SSSR count). The van der Waals surface area contributed by atoms with E-state index in [-0.39, 0.29) is 17.5 Å². The highest BCUT2D eigenvalue weighted by Gasteiger charge is 2.28. The van der Waals surface area contributed by atoms with Crippen LogP contribution in [0, 0.1) is 0 Å². The van der Waals surface area contributed by atoms with Gasteiger partial charge in [-0.25, -0.2) is 8.42 Å². The third kappa shape index (κ3) is 5.38. The molecular formula is C14H20ClN3O3S. The van der Waals surface area contributed by atoms with E-state index in [1.807, 2.05) is 12.1 Å². The highest BCUT2D eigenvalue weighted by molar-refractivity contribution is 7.91. The van der Waals surface area contributed by atoms with Gasteiger partial charge in [0.05, 0.1) is 18.1 Å². The van der Waals surface area contributed by atoms with Crippen LogP contribution in [0.25, 0.3) is 0 Å². The van der Waals surface area contributed by atoms with Crippen molar-refractivity contribution in [2.75, 3.05) is 31.7 Å². The molecule has 1 saturated heterocycles. The van der Waals surface area contributed by atoms with E-state index in [4.69, 9.17) is 16.3 Å². The van der Waals surface area contributed by atoms with Crippen LogP contribution in [0.1, 0.15) is 6.42 Å². The molecule has 122 valence electrons. The molecule has 1 aliphatic rings. The van der Waals surface area contributed by atoms with Crippen LogP contribution in [-0.4, -0.2) is 52.1 Å². The molecule has 1 unspecified atom stereocenters. The Morgan fingerprint density at radius 1 is 1.50 bits per heavy atom. The molecule has 1 fully saturated rings. The lowest BCUT2D eigenvalue weighted by Gasteiger charge is -2.16. The minimum atomic E-state index is -2.90. The third-order valence-electron chi connectivity index (χ3n) is 3.26. The topological polar surface area (TPSA) is 79.8 Å². The standard InChI is InChI=1S/C14H20ClN3O3S/c1-16-14(18-12-5-8-22(19,20)10-12)17-6-7-21-13-4-2-3-11(15)9-13/h2-4,9,12H,5-8,10H2,1H3,(H2,16,17,18). The summed E-state index contributed by atoms with van der Waals surface area (Å²) in [5, 5.41) is 6.84. The number of hydrogen-bond acceptors (Lipinski definition) is 4. The minimum Gasteiger partial charge on any atom is -0.492 e. The quantitative estimate of drug-likeness (QED) is 0.474. The van der Waals surface area contributed by atoms with Crippen LogP contribution in [-0.2, 0) is 9.84 Å². The van der Waals surface area contributed by atoms with Crippen molar-refractivity contribution in [3.8, 4) is 5.75 Å². The summed E-state index contributed by atoms with van der Waals surface area (Å²) < 4.78 is 28.4. The van der Waals surface area contributed by atoms with Crippen molar-refractivity contribution in [3.63, 3.8) is 0 Å². The van der Waals surface area contributed by atoms with Crippen LogP contribution in [0.2, 0.25) is 5.02 Å². The average Bonchev–Trinajstić information content (AvgIpc) is 2.81. The first kappa shape index (κ1) is 16.9. The molecule has 0 spiro atoms. The number of guanidine groups is 1. The number of halogens is 1. The molecule has 0 bridgehead atoms. The van der Waals surface area contributed by atoms with Gasteiger partial charge < -0.3 is 15.4 Å². The molecule has 1 aromatic rings. The van der Waals surface area contributed by atoms with E-state index in [9.17, 15) is 8.42 Å². The van der Waals surface area contributed by atoms with E-state index in [1.54, 1.807) is 19.2 Å². The number of nitrogens with one attached hydrogen (secondary N) is 2. The van der Waals surface area contributed by atoms with Gasteiger partial charge in [0.15, 0.2) is 15.8 Å². The maximum Gasteiger partial charge on any atom is 0.191 e. The van der Waals surface area contributed by atoms with Gasteiger partial charge >= 0.3 is 0 Å². The lowest BCUT2D eigenvalue weighted by molar-refractivity contribution is 0.321.